The average Bonchev–Trinajstić information content (AvgIpc) is 2.89. The van der Waals surface area contributed by atoms with Gasteiger partial charge in [0.05, 0.1) is 0 Å². The van der Waals surface area contributed by atoms with Crippen molar-refractivity contribution in [2.24, 2.45) is 5.92 Å². The van der Waals surface area contributed by atoms with Crippen LogP contribution in [0.2, 0.25) is 0 Å². The molecule has 0 radical (unpaired) electrons. The van der Waals surface area contributed by atoms with Crippen LogP contribution in [-0.4, -0.2) is 26.2 Å². The molecule has 1 unspecified atom stereocenters. The maximum Gasteiger partial charge on any atom is 0.0398 e. The topological polar surface area (TPSA) is 15.3 Å². The predicted molar refractivity (Wildman–Crippen MR) is 77.3 cm³/mol. The first-order chi connectivity index (χ1) is 8.83. The molecule has 3 rings (SSSR count). The zero-order valence-corrected chi connectivity index (χ0v) is 11.4. The monoisotopic (exact) mass is 244 g/mol. The molecule has 1 aromatic carbocycles. The van der Waals surface area contributed by atoms with Crippen LogP contribution in [0.25, 0.3) is 0 Å². The molecule has 2 aliphatic heterocycles. The lowest BCUT2D eigenvalue weighted by molar-refractivity contribution is 0.518. The second-order valence-electron chi connectivity index (χ2n) is 5.87. The maximum atomic E-state index is 3.47. The van der Waals surface area contributed by atoms with Crippen molar-refractivity contribution in [3.63, 3.8) is 0 Å². The van der Waals surface area contributed by atoms with Crippen molar-refractivity contribution in [2.45, 2.75) is 32.6 Å². The van der Waals surface area contributed by atoms with Crippen molar-refractivity contribution in [1.82, 2.24) is 5.32 Å². The molecule has 1 fully saturated rings. The highest BCUT2D eigenvalue weighted by atomic mass is 15.1. The molecule has 98 valence electrons. The van der Waals surface area contributed by atoms with Crippen LogP contribution < -0.4 is 10.2 Å². The van der Waals surface area contributed by atoms with Crippen LogP contribution in [0, 0.1) is 12.8 Å². The predicted octanol–water partition coefficient (Wildman–Crippen LogP) is 2.75. The third-order valence-corrected chi connectivity index (χ3v) is 4.42. The molecule has 1 atom stereocenters. The summed E-state index contributed by atoms with van der Waals surface area (Å²) in [6.07, 6.45) is 5.30. The number of aryl methyl sites for hydroxylation is 2. The number of hydrogen-bond donors (Lipinski definition) is 1. The molecular weight excluding hydrogens is 220 g/mol. The standard InChI is InChI=1S/C16H24N2/c1-13-4-5-16-15(11-13)3-2-9-18(16)10-7-14-6-8-17-12-14/h4-5,11,14,17H,2-3,6-10,12H2,1H3. The lowest BCUT2D eigenvalue weighted by Crippen LogP contribution is -2.31. The number of fused-ring (bicyclic) bond motifs is 1. The van der Waals surface area contributed by atoms with E-state index >= 15 is 0 Å². The molecule has 1 saturated heterocycles. The summed E-state index contributed by atoms with van der Waals surface area (Å²) in [6.45, 7) is 7.14. The summed E-state index contributed by atoms with van der Waals surface area (Å²) < 4.78 is 0. The lowest BCUT2D eigenvalue weighted by Gasteiger charge is -2.32. The third kappa shape index (κ3) is 2.54. The van der Waals surface area contributed by atoms with Crippen molar-refractivity contribution < 1.29 is 0 Å². The van der Waals surface area contributed by atoms with Gasteiger partial charge in [0.15, 0.2) is 0 Å². The Hall–Kier alpha value is -1.02. The Kier molecular flexibility index (Phi) is 3.55. The summed E-state index contributed by atoms with van der Waals surface area (Å²) in [6, 6.07) is 6.96. The number of anilines is 1. The SMILES string of the molecule is Cc1ccc2c(c1)CCCN2CCC1CCNC1. The second-order valence-corrected chi connectivity index (χ2v) is 5.87. The van der Waals surface area contributed by atoms with Crippen molar-refractivity contribution in [2.75, 3.05) is 31.1 Å². The summed E-state index contributed by atoms with van der Waals surface area (Å²) >= 11 is 0. The Balaban J connectivity index is 1.67. The van der Waals surface area contributed by atoms with Gasteiger partial charge in [0.2, 0.25) is 0 Å². The zero-order chi connectivity index (χ0) is 12.4. The van der Waals surface area contributed by atoms with Gasteiger partial charge >= 0.3 is 0 Å². The van der Waals surface area contributed by atoms with Crippen LogP contribution in [0.3, 0.4) is 0 Å². The van der Waals surface area contributed by atoms with E-state index in [-0.39, 0.29) is 0 Å². The Morgan fingerprint density at radius 2 is 2.33 bits per heavy atom. The quantitative estimate of drug-likeness (QED) is 0.879. The van der Waals surface area contributed by atoms with Crippen molar-refractivity contribution in [3.8, 4) is 0 Å². The van der Waals surface area contributed by atoms with Crippen LogP contribution in [-0.2, 0) is 6.42 Å². The minimum absolute atomic E-state index is 0.904. The fourth-order valence-corrected chi connectivity index (χ4v) is 3.34. The van der Waals surface area contributed by atoms with Crippen LogP contribution in [0.1, 0.15) is 30.4 Å². The molecule has 2 heterocycles. The molecule has 0 spiro atoms. The molecule has 2 nitrogen and oxygen atoms in total. The fourth-order valence-electron chi connectivity index (χ4n) is 3.34. The minimum atomic E-state index is 0.904. The van der Waals surface area contributed by atoms with Gasteiger partial charge in [-0.1, -0.05) is 17.7 Å². The van der Waals surface area contributed by atoms with Gasteiger partial charge in [-0.05, 0) is 63.2 Å². The van der Waals surface area contributed by atoms with Gasteiger partial charge in [0, 0.05) is 18.8 Å². The minimum Gasteiger partial charge on any atom is -0.371 e. The molecule has 0 aliphatic carbocycles. The van der Waals surface area contributed by atoms with Gasteiger partial charge in [-0.25, -0.2) is 0 Å². The van der Waals surface area contributed by atoms with E-state index in [2.05, 4.69) is 35.3 Å². The van der Waals surface area contributed by atoms with Crippen LogP contribution >= 0.6 is 0 Å². The van der Waals surface area contributed by atoms with Crippen LogP contribution in [0.15, 0.2) is 18.2 Å². The van der Waals surface area contributed by atoms with Crippen molar-refractivity contribution >= 4 is 5.69 Å². The smallest absolute Gasteiger partial charge is 0.0398 e. The summed E-state index contributed by atoms with van der Waals surface area (Å²) in [4.78, 5) is 2.61. The lowest BCUT2D eigenvalue weighted by atomic mass is 9.98. The van der Waals surface area contributed by atoms with E-state index in [1.165, 1.54) is 63.1 Å². The molecule has 1 aromatic rings. The number of hydrogen-bond acceptors (Lipinski definition) is 2. The molecule has 2 heteroatoms. The Morgan fingerprint density at radius 1 is 1.39 bits per heavy atom. The summed E-state index contributed by atoms with van der Waals surface area (Å²) in [5.41, 5.74) is 4.46. The highest BCUT2D eigenvalue weighted by Crippen LogP contribution is 2.28. The number of nitrogens with zero attached hydrogens (tertiary/aromatic N) is 1. The molecule has 1 N–H and O–H groups in total. The largest absolute Gasteiger partial charge is 0.371 e. The van der Waals surface area contributed by atoms with E-state index < -0.39 is 0 Å². The van der Waals surface area contributed by atoms with Crippen LogP contribution in [0.4, 0.5) is 5.69 Å². The highest BCUT2D eigenvalue weighted by Gasteiger charge is 2.19. The van der Waals surface area contributed by atoms with E-state index in [1.54, 1.807) is 5.56 Å². The van der Waals surface area contributed by atoms with Gasteiger partial charge in [-0.15, -0.1) is 0 Å². The molecule has 0 bridgehead atoms. The third-order valence-electron chi connectivity index (χ3n) is 4.42. The van der Waals surface area contributed by atoms with E-state index in [0.717, 1.165) is 5.92 Å². The first-order valence-corrected chi connectivity index (χ1v) is 7.38. The van der Waals surface area contributed by atoms with Crippen molar-refractivity contribution in [1.29, 1.82) is 0 Å². The Morgan fingerprint density at radius 3 is 3.17 bits per heavy atom. The maximum absolute atomic E-state index is 3.47. The molecule has 2 aliphatic rings. The fraction of sp³-hybridized carbons (Fsp3) is 0.625. The van der Waals surface area contributed by atoms with E-state index in [1.807, 2.05) is 0 Å². The summed E-state index contributed by atoms with van der Waals surface area (Å²) in [5, 5.41) is 3.47. The Labute approximate surface area is 110 Å². The molecule has 0 amide bonds. The molecule has 0 saturated carbocycles. The number of rotatable bonds is 3. The van der Waals surface area contributed by atoms with Gasteiger partial charge < -0.3 is 10.2 Å². The second kappa shape index (κ2) is 5.31. The normalized spacial score (nSPS) is 23.2. The number of nitrogens with one attached hydrogen (secondary N) is 1. The van der Waals surface area contributed by atoms with E-state index in [4.69, 9.17) is 0 Å². The van der Waals surface area contributed by atoms with E-state index in [0.29, 0.717) is 0 Å². The molecular formula is C16H24N2. The molecule has 18 heavy (non-hydrogen) atoms. The van der Waals surface area contributed by atoms with Crippen molar-refractivity contribution in [3.05, 3.63) is 29.3 Å². The summed E-state index contributed by atoms with van der Waals surface area (Å²) in [5.74, 6) is 0.904. The van der Waals surface area contributed by atoms with Gasteiger partial charge in [-0.2, -0.15) is 0 Å². The average molecular weight is 244 g/mol. The zero-order valence-electron chi connectivity index (χ0n) is 11.4. The first kappa shape index (κ1) is 12.0. The molecule has 0 aromatic heterocycles. The first-order valence-electron chi connectivity index (χ1n) is 7.38. The van der Waals surface area contributed by atoms with Gasteiger partial charge in [0.25, 0.3) is 0 Å². The Bertz CT molecular complexity index is 408. The van der Waals surface area contributed by atoms with Gasteiger partial charge in [0.1, 0.15) is 0 Å². The summed E-state index contributed by atoms with van der Waals surface area (Å²) in [7, 11) is 0. The van der Waals surface area contributed by atoms with Gasteiger partial charge in [-0.3, -0.25) is 0 Å². The number of benzene rings is 1. The van der Waals surface area contributed by atoms with Crippen LogP contribution in [0.5, 0.6) is 0 Å². The highest BCUT2D eigenvalue weighted by molar-refractivity contribution is 5.56. The van der Waals surface area contributed by atoms with E-state index in [9.17, 15) is 0 Å².